The summed E-state index contributed by atoms with van der Waals surface area (Å²) in [6, 6.07) is 0. The summed E-state index contributed by atoms with van der Waals surface area (Å²) in [6.07, 6.45) is 0. The lowest BCUT2D eigenvalue weighted by Gasteiger charge is -1.86. The zero-order chi connectivity index (χ0) is 5.70. The molecule has 42 valence electrons. The molecule has 0 aromatic carbocycles. The van der Waals surface area contributed by atoms with Crippen LogP contribution in [0.2, 0.25) is 0 Å². The van der Waals surface area contributed by atoms with Gasteiger partial charge in [-0.1, -0.05) is 24.4 Å². The van der Waals surface area contributed by atoms with Gasteiger partial charge in [0, 0.05) is 12.3 Å². The summed E-state index contributed by atoms with van der Waals surface area (Å²) >= 11 is 4.63. The molecule has 0 spiro atoms. The Labute approximate surface area is 52.2 Å². The molecule has 0 aliphatic heterocycles. The number of rotatable bonds is 2. The van der Waals surface area contributed by atoms with Crippen LogP contribution < -0.4 is 5.73 Å². The maximum Gasteiger partial charge on any atom is 0.243 e. The zero-order valence-electron chi connectivity index (χ0n) is 3.76. The zero-order valence-corrected chi connectivity index (χ0v) is 5.47. The summed E-state index contributed by atoms with van der Waals surface area (Å²) in [5, 5.41) is 0. The van der Waals surface area contributed by atoms with Gasteiger partial charge in [0.05, 0.1) is 0 Å². The molecule has 0 aromatic rings. The van der Waals surface area contributed by atoms with Crippen LogP contribution >= 0.6 is 24.4 Å². The van der Waals surface area contributed by atoms with Crippen LogP contribution in [0.15, 0.2) is 0 Å². The van der Waals surface area contributed by atoms with Gasteiger partial charge in [-0.2, -0.15) is 0 Å². The van der Waals surface area contributed by atoms with Crippen LogP contribution in [0.25, 0.3) is 0 Å². The maximum atomic E-state index is 9.97. The topological polar surface area (TPSA) is 43.1 Å². The van der Waals surface area contributed by atoms with Crippen molar-refractivity contribution in [2.45, 2.75) is 0 Å². The molecular weight excluding hydrogens is 130 g/mol. The second kappa shape index (κ2) is 4.49. The van der Waals surface area contributed by atoms with Gasteiger partial charge in [0.1, 0.15) is 0 Å². The summed E-state index contributed by atoms with van der Waals surface area (Å²) in [7, 11) is 0. The predicted molar refractivity (Wildman–Crippen MR) is 35.9 cm³/mol. The van der Waals surface area contributed by atoms with Gasteiger partial charge in [-0.05, 0) is 0 Å². The number of carbonyl (C=O) groups is 1. The number of nitrogens with two attached hydrogens (primary N) is 1. The summed E-state index contributed by atoms with van der Waals surface area (Å²) in [6.45, 7) is 0.539. The second-order valence-electron chi connectivity index (χ2n) is 0.903. The smallest absolute Gasteiger partial charge is 0.243 e. The van der Waals surface area contributed by atoms with Crippen LogP contribution in [-0.4, -0.2) is 16.7 Å². The van der Waals surface area contributed by atoms with E-state index in [1.54, 1.807) is 0 Å². The van der Waals surface area contributed by atoms with Crippen LogP contribution in [0.5, 0.6) is 0 Å². The Balaban J connectivity index is 2.82. The SMILES string of the molecule is NCCSC(=O)S. The maximum absolute atomic E-state index is 9.97. The van der Waals surface area contributed by atoms with Gasteiger partial charge >= 0.3 is 0 Å². The Hall–Kier alpha value is 0.330. The summed E-state index contributed by atoms with van der Waals surface area (Å²) in [5.74, 6) is 0.669. The van der Waals surface area contributed by atoms with E-state index in [0.717, 1.165) is 11.8 Å². The molecule has 0 bridgehead atoms. The average Bonchev–Trinajstić information content (AvgIpc) is 1.61. The minimum atomic E-state index is -0.162. The fourth-order valence-corrected chi connectivity index (χ4v) is 0.713. The highest BCUT2D eigenvalue weighted by Crippen LogP contribution is 2.03. The van der Waals surface area contributed by atoms with Crippen LogP contribution in [0.4, 0.5) is 4.79 Å². The third kappa shape index (κ3) is 6.33. The normalized spacial score (nSPS) is 8.86. The lowest BCUT2D eigenvalue weighted by molar-refractivity contribution is 0.277. The monoisotopic (exact) mass is 137 g/mol. The molecule has 0 radical (unpaired) electrons. The number of hydrogen-bond donors (Lipinski definition) is 2. The van der Waals surface area contributed by atoms with Crippen molar-refractivity contribution in [1.29, 1.82) is 0 Å². The highest BCUT2D eigenvalue weighted by atomic mass is 32.2. The summed E-state index contributed by atoms with van der Waals surface area (Å²) in [5.41, 5.74) is 5.07. The first-order chi connectivity index (χ1) is 3.27. The second-order valence-corrected chi connectivity index (χ2v) is 2.68. The van der Waals surface area contributed by atoms with Crippen molar-refractivity contribution in [1.82, 2.24) is 0 Å². The van der Waals surface area contributed by atoms with E-state index in [9.17, 15) is 4.79 Å². The lowest BCUT2D eigenvalue weighted by atomic mass is 10.8. The van der Waals surface area contributed by atoms with Crippen molar-refractivity contribution in [2.75, 3.05) is 12.3 Å². The molecule has 2 N–H and O–H groups in total. The van der Waals surface area contributed by atoms with E-state index in [-0.39, 0.29) is 4.45 Å². The van der Waals surface area contributed by atoms with Crippen molar-refractivity contribution in [3.05, 3.63) is 0 Å². The molecular formula is C3H7NOS2. The molecule has 4 heteroatoms. The Morgan fingerprint density at radius 1 is 1.86 bits per heavy atom. The van der Waals surface area contributed by atoms with Crippen LogP contribution in [-0.2, 0) is 0 Å². The summed E-state index contributed by atoms with van der Waals surface area (Å²) < 4.78 is -0.162. The molecule has 0 atom stereocenters. The number of carbonyl (C=O) groups excluding carboxylic acids is 1. The summed E-state index contributed by atoms with van der Waals surface area (Å²) in [4.78, 5) is 9.97. The van der Waals surface area contributed by atoms with Gasteiger partial charge in [0.15, 0.2) is 0 Å². The van der Waals surface area contributed by atoms with E-state index in [4.69, 9.17) is 5.73 Å². The molecule has 7 heavy (non-hydrogen) atoms. The number of hydrogen-bond acceptors (Lipinski definition) is 3. The van der Waals surface area contributed by atoms with E-state index in [1.165, 1.54) is 0 Å². The predicted octanol–water partition coefficient (Wildman–Crippen LogP) is 0.728. The fourth-order valence-electron chi connectivity index (χ4n) is 0.146. The van der Waals surface area contributed by atoms with Crippen molar-refractivity contribution in [3.63, 3.8) is 0 Å². The van der Waals surface area contributed by atoms with Gasteiger partial charge in [0.2, 0.25) is 4.45 Å². The fraction of sp³-hybridized carbons (Fsp3) is 0.667. The van der Waals surface area contributed by atoms with Crippen molar-refractivity contribution >= 4 is 28.8 Å². The largest absolute Gasteiger partial charge is 0.330 e. The van der Waals surface area contributed by atoms with E-state index >= 15 is 0 Å². The van der Waals surface area contributed by atoms with E-state index in [1.807, 2.05) is 0 Å². The molecule has 0 amide bonds. The van der Waals surface area contributed by atoms with Gasteiger partial charge < -0.3 is 5.73 Å². The minimum Gasteiger partial charge on any atom is -0.330 e. The van der Waals surface area contributed by atoms with E-state index in [0.29, 0.717) is 12.3 Å². The van der Waals surface area contributed by atoms with Gasteiger partial charge in [-0.15, -0.1) is 0 Å². The molecule has 0 saturated carbocycles. The standard InChI is InChI=1S/C3H7NOS2/c4-1-2-7-3(5)6/h1-2,4H2,(H,5,6). The van der Waals surface area contributed by atoms with Crippen LogP contribution in [0.3, 0.4) is 0 Å². The van der Waals surface area contributed by atoms with Gasteiger partial charge in [0.25, 0.3) is 0 Å². The lowest BCUT2D eigenvalue weighted by Crippen LogP contribution is -2.01. The third-order valence-electron chi connectivity index (χ3n) is 0.343. The molecule has 0 aromatic heterocycles. The molecule has 0 rings (SSSR count). The first kappa shape index (κ1) is 7.33. The number of thiol groups is 1. The Morgan fingerprint density at radius 3 is 2.57 bits per heavy atom. The third-order valence-corrected chi connectivity index (χ3v) is 1.42. The highest BCUT2D eigenvalue weighted by Gasteiger charge is 1.89. The quantitative estimate of drug-likeness (QED) is 0.551. The van der Waals surface area contributed by atoms with Gasteiger partial charge in [-0.25, -0.2) is 0 Å². The van der Waals surface area contributed by atoms with Crippen molar-refractivity contribution in [2.24, 2.45) is 5.73 Å². The Kier molecular flexibility index (Phi) is 4.70. The molecule has 0 aliphatic carbocycles. The Bertz CT molecular complexity index is 66.0. The minimum absolute atomic E-state index is 0.162. The molecule has 0 aliphatic rings. The molecule has 0 saturated heterocycles. The van der Waals surface area contributed by atoms with Crippen molar-refractivity contribution in [3.8, 4) is 0 Å². The number of thioether (sulfide) groups is 1. The highest BCUT2D eigenvalue weighted by molar-refractivity contribution is 8.32. The van der Waals surface area contributed by atoms with Crippen LogP contribution in [0, 0.1) is 0 Å². The van der Waals surface area contributed by atoms with E-state index in [2.05, 4.69) is 12.6 Å². The average molecular weight is 137 g/mol. The molecule has 0 heterocycles. The molecule has 2 nitrogen and oxygen atoms in total. The van der Waals surface area contributed by atoms with Crippen molar-refractivity contribution < 1.29 is 4.79 Å². The molecule has 0 unspecified atom stereocenters. The van der Waals surface area contributed by atoms with E-state index < -0.39 is 0 Å². The first-order valence-corrected chi connectivity index (χ1v) is 3.26. The molecule has 0 fully saturated rings. The Morgan fingerprint density at radius 2 is 2.43 bits per heavy atom. The van der Waals surface area contributed by atoms with Crippen LogP contribution in [0.1, 0.15) is 0 Å². The first-order valence-electron chi connectivity index (χ1n) is 1.83. The van der Waals surface area contributed by atoms with Gasteiger partial charge in [-0.3, -0.25) is 4.79 Å².